The normalized spacial score (nSPS) is 24.1. The fraction of sp³-hybridized carbons (Fsp3) is 0.286. The Hall–Kier alpha value is -2.35. The lowest BCUT2D eigenvalue weighted by Crippen LogP contribution is -2.34. The maximum Gasteiger partial charge on any atom is 0.332 e. The molecule has 0 heterocycles. The van der Waals surface area contributed by atoms with Crippen molar-refractivity contribution < 1.29 is 9.90 Å². The lowest BCUT2D eigenvalue weighted by atomic mass is 9.66. The van der Waals surface area contributed by atoms with Gasteiger partial charge in [-0.3, -0.25) is 0 Å². The zero-order chi connectivity index (χ0) is 16.4. The van der Waals surface area contributed by atoms with Gasteiger partial charge in [0.1, 0.15) is 0 Å². The molecule has 0 aliphatic heterocycles. The Morgan fingerprint density at radius 1 is 1.09 bits per heavy atom. The van der Waals surface area contributed by atoms with Crippen molar-refractivity contribution in [3.63, 3.8) is 0 Å². The highest BCUT2D eigenvalue weighted by Crippen LogP contribution is 2.43. The summed E-state index contributed by atoms with van der Waals surface area (Å²) >= 11 is 0. The van der Waals surface area contributed by atoms with E-state index in [0.29, 0.717) is 11.5 Å². The second-order valence-electron chi connectivity index (χ2n) is 6.75. The largest absolute Gasteiger partial charge is 0.478 e. The molecule has 0 unspecified atom stereocenters. The Labute approximate surface area is 137 Å². The van der Waals surface area contributed by atoms with Crippen LogP contribution in [0, 0.1) is 5.92 Å². The van der Waals surface area contributed by atoms with E-state index in [0.717, 1.165) is 29.5 Å². The summed E-state index contributed by atoms with van der Waals surface area (Å²) < 4.78 is 0. The summed E-state index contributed by atoms with van der Waals surface area (Å²) in [6.07, 6.45) is 3.62. The highest BCUT2D eigenvalue weighted by atomic mass is 16.4. The summed E-state index contributed by atoms with van der Waals surface area (Å²) in [7, 11) is 0. The van der Waals surface area contributed by atoms with Crippen LogP contribution in [0.1, 0.15) is 32.3 Å². The number of carboxylic acid groups (broad SMARTS) is 1. The molecule has 2 aromatic carbocycles. The zero-order valence-electron chi connectivity index (χ0n) is 13.6. The number of carbonyl (C=O) groups is 1. The van der Waals surface area contributed by atoms with Gasteiger partial charge in [-0.15, -0.1) is 0 Å². The van der Waals surface area contributed by atoms with Crippen LogP contribution in [-0.4, -0.2) is 11.1 Å². The Balaban J connectivity index is 2.08. The minimum Gasteiger partial charge on any atom is -0.478 e. The number of benzene rings is 2. The topological polar surface area (TPSA) is 37.3 Å². The number of hydrogen-bond acceptors (Lipinski definition) is 1. The minimum atomic E-state index is -0.801. The molecule has 1 aliphatic rings. The average molecular weight is 306 g/mol. The molecule has 0 amide bonds. The van der Waals surface area contributed by atoms with E-state index in [4.69, 9.17) is 0 Å². The van der Waals surface area contributed by atoms with E-state index in [-0.39, 0.29) is 0 Å². The van der Waals surface area contributed by atoms with Crippen LogP contribution in [0.15, 0.2) is 66.2 Å². The molecule has 23 heavy (non-hydrogen) atoms. The van der Waals surface area contributed by atoms with Crippen LogP contribution in [0.25, 0.3) is 11.1 Å². The van der Waals surface area contributed by atoms with Crippen LogP contribution in [0.4, 0.5) is 0 Å². The predicted octanol–water partition coefficient (Wildman–Crippen LogP) is 5.05. The second-order valence-corrected chi connectivity index (χ2v) is 6.75. The van der Waals surface area contributed by atoms with Gasteiger partial charge in [-0.2, -0.15) is 0 Å². The van der Waals surface area contributed by atoms with E-state index < -0.39 is 11.4 Å². The van der Waals surface area contributed by atoms with E-state index in [1.54, 1.807) is 0 Å². The molecule has 0 radical (unpaired) electrons. The first-order valence-electron chi connectivity index (χ1n) is 8.10. The van der Waals surface area contributed by atoms with E-state index in [1.165, 1.54) is 0 Å². The van der Waals surface area contributed by atoms with Crippen molar-refractivity contribution in [3.8, 4) is 11.1 Å². The van der Waals surface area contributed by atoms with Gasteiger partial charge in [0.05, 0.1) is 0 Å². The number of hydrogen-bond donors (Lipinski definition) is 1. The van der Waals surface area contributed by atoms with Crippen molar-refractivity contribution in [1.29, 1.82) is 0 Å². The fourth-order valence-corrected chi connectivity index (χ4v) is 3.70. The average Bonchev–Trinajstić information content (AvgIpc) is 2.55. The van der Waals surface area contributed by atoms with E-state index in [2.05, 4.69) is 44.2 Å². The van der Waals surface area contributed by atoms with Crippen LogP contribution in [0.2, 0.25) is 0 Å². The first-order chi connectivity index (χ1) is 11.0. The van der Waals surface area contributed by atoms with Crippen molar-refractivity contribution in [2.75, 3.05) is 0 Å². The summed E-state index contributed by atoms with van der Waals surface area (Å²) in [6.45, 7) is 4.25. The highest BCUT2D eigenvalue weighted by Gasteiger charge is 2.39. The standard InChI is InChI=1S/C21H22O2/c1-15-11-12-19(20(22)23)21(2,14-15)18-10-6-9-17(13-18)16-7-4-3-5-8-16/h3-10,12-13,15H,11,14H2,1-2H3,(H,22,23)/t15-,21-/m0/s1. The molecule has 2 nitrogen and oxygen atoms in total. The molecule has 1 N–H and O–H groups in total. The van der Waals surface area contributed by atoms with Gasteiger partial charge < -0.3 is 5.11 Å². The summed E-state index contributed by atoms with van der Waals surface area (Å²) in [5.74, 6) is -0.312. The monoisotopic (exact) mass is 306 g/mol. The Morgan fingerprint density at radius 3 is 2.48 bits per heavy atom. The Kier molecular flexibility index (Phi) is 4.08. The number of carboxylic acids is 1. The highest BCUT2D eigenvalue weighted by molar-refractivity contribution is 5.90. The van der Waals surface area contributed by atoms with Gasteiger partial charge in [0.15, 0.2) is 0 Å². The second kappa shape index (κ2) is 6.04. The predicted molar refractivity (Wildman–Crippen MR) is 93.3 cm³/mol. The first-order valence-corrected chi connectivity index (χ1v) is 8.10. The quantitative estimate of drug-likeness (QED) is 0.861. The summed E-state index contributed by atoms with van der Waals surface area (Å²) in [6, 6.07) is 18.5. The molecule has 0 saturated heterocycles. The third kappa shape index (κ3) is 2.94. The molecule has 0 aromatic heterocycles. The van der Waals surface area contributed by atoms with Gasteiger partial charge in [0.2, 0.25) is 0 Å². The van der Waals surface area contributed by atoms with Crippen LogP contribution in [-0.2, 0) is 10.2 Å². The molecular weight excluding hydrogens is 284 g/mol. The van der Waals surface area contributed by atoms with E-state index in [9.17, 15) is 9.90 Å². The molecule has 0 spiro atoms. The fourth-order valence-electron chi connectivity index (χ4n) is 3.70. The first kappa shape index (κ1) is 15.5. The lowest BCUT2D eigenvalue weighted by Gasteiger charge is -2.37. The molecule has 0 saturated carbocycles. The lowest BCUT2D eigenvalue weighted by molar-refractivity contribution is -0.133. The molecule has 3 rings (SSSR count). The van der Waals surface area contributed by atoms with Gasteiger partial charge in [0, 0.05) is 11.0 Å². The van der Waals surface area contributed by atoms with Gasteiger partial charge in [-0.1, -0.05) is 74.5 Å². The molecular formula is C21H22O2. The molecule has 2 aromatic rings. The van der Waals surface area contributed by atoms with Gasteiger partial charge in [0.25, 0.3) is 0 Å². The van der Waals surface area contributed by atoms with Crippen LogP contribution < -0.4 is 0 Å². The van der Waals surface area contributed by atoms with E-state index in [1.807, 2.05) is 30.3 Å². The maximum absolute atomic E-state index is 11.7. The van der Waals surface area contributed by atoms with Gasteiger partial charge in [-0.05, 0) is 35.4 Å². The molecule has 118 valence electrons. The van der Waals surface area contributed by atoms with Crippen molar-refractivity contribution in [3.05, 3.63) is 71.8 Å². The summed E-state index contributed by atoms with van der Waals surface area (Å²) in [4.78, 5) is 11.7. The Morgan fingerprint density at radius 2 is 1.78 bits per heavy atom. The third-order valence-corrected chi connectivity index (χ3v) is 4.91. The van der Waals surface area contributed by atoms with Gasteiger partial charge in [-0.25, -0.2) is 4.79 Å². The SMILES string of the molecule is C[C@H]1CC=C(C(=O)O)[C@](C)(c2cccc(-c3ccccc3)c2)C1. The van der Waals surface area contributed by atoms with Crippen molar-refractivity contribution in [2.24, 2.45) is 5.92 Å². The summed E-state index contributed by atoms with van der Waals surface area (Å²) in [5.41, 5.74) is 3.46. The summed E-state index contributed by atoms with van der Waals surface area (Å²) in [5, 5.41) is 9.64. The number of allylic oxidation sites excluding steroid dienone is 1. The minimum absolute atomic E-state index is 0.436. The molecule has 1 aliphatic carbocycles. The van der Waals surface area contributed by atoms with E-state index >= 15 is 0 Å². The van der Waals surface area contributed by atoms with Gasteiger partial charge >= 0.3 is 5.97 Å². The molecule has 0 bridgehead atoms. The van der Waals surface area contributed by atoms with Crippen LogP contribution in [0.5, 0.6) is 0 Å². The smallest absolute Gasteiger partial charge is 0.332 e. The molecule has 0 fully saturated rings. The number of aliphatic carboxylic acids is 1. The Bertz CT molecular complexity index is 745. The maximum atomic E-state index is 11.7. The molecule has 2 atom stereocenters. The van der Waals surface area contributed by atoms with Crippen molar-refractivity contribution in [1.82, 2.24) is 0 Å². The zero-order valence-corrected chi connectivity index (χ0v) is 13.6. The molecule has 2 heteroatoms. The van der Waals surface area contributed by atoms with Crippen LogP contribution in [0.3, 0.4) is 0 Å². The third-order valence-electron chi connectivity index (χ3n) is 4.91. The van der Waals surface area contributed by atoms with Crippen LogP contribution >= 0.6 is 0 Å². The number of rotatable bonds is 3. The van der Waals surface area contributed by atoms with Crippen molar-refractivity contribution in [2.45, 2.75) is 32.1 Å². The van der Waals surface area contributed by atoms with Crippen molar-refractivity contribution >= 4 is 5.97 Å².